The molecule has 0 spiro atoms. The molecule has 12 heteroatoms. The van der Waals surface area contributed by atoms with Crippen LogP contribution in [0.15, 0.2) is 24.5 Å². The van der Waals surface area contributed by atoms with Gasteiger partial charge in [0.2, 0.25) is 11.1 Å². The molecule has 0 unspecified atom stereocenters. The molecule has 0 aliphatic rings. The van der Waals surface area contributed by atoms with Crippen molar-refractivity contribution in [2.24, 2.45) is 0 Å². The second-order valence-electron chi connectivity index (χ2n) is 3.58. The van der Waals surface area contributed by atoms with E-state index in [1.54, 1.807) is 0 Å². The fraction of sp³-hybridized carbons (Fsp3) is 0.182. The van der Waals surface area contributed by atoms with Crippen LogP contribution >= 0.6 is 11.6 Å². The van der Waals surface area contributed by atoms with Gasteiger partial charge in [0.15, 0.2) is 0 Å². The molecule has 2 aromatic heterocycles. The maximum Gasteiger partial charge on any atom is 0.433 e. The van der Waals surface area contributed by atoms with Gasteiger partial charge in [0.05, 0.1) is 0 Å². The first-order chi connectivity index (χ1) is 10.5. The third-order valence-electron chi connectivity index (χ3n) is 1.96. The summed E-state index contributed by atoms with van der Waals surface area (Å²) in [6.45, 7) is 0. The van der Waals surface area contributed by atoms with E-state index in [4.69, 9.17) is 16.9 Å². The van der Waals surface area contributed by atoms with Gasteiger partial charge in [-0.3, -0.25) is 0 Å². The molecule has 2 rings (SSSR count). The normalized spacial score (nSPS) is 11.2. The second kappa shape index (κ2) is 7.19. The summed E-state index contributed by atoms with van der Waals surface area (Å²) in [5, 5.41) is 7.78. The van der Waals surface area contributed by atoms with Gasteiger partial charge in [0.1, 0.15) is 17.5 Å². The molecule has 0 N–H and O–H groups in total. The number of rotatable bonds is 0. The molecule has 2 heterocycles. The van der Waals surface area contributed by atoms with Crippen molar-refractivity contribution in [3.05, 3.63) is 47.0 Å². The van der Waals surface area contributed by atoms with Gasteiger partial charge in [-0.25, -0.2) is 19.9 Å². The first-order valence-corrected chi connectivity index (χ1v) is 5.78. The number of hydrogen-bond acceptors (Lipinski definition) is 5. The Balaban J connectivity index is 0.000000231. The van der Waals surface area contributed by atoms with Crippen molar-refractivity contribution < 1.29 is 26.3 Å². The van der Waals surface area contributed by atoms with Crippen LogP contribution in [-0.4, -0.2) is 19.9 Å². The van der Waals surface area contributed by atoms with Crippen molar-refractivity contribution in [2.75, 3.05) is 0 Å². The summed E-state index contributed by atoms with van der Waals surface area (Å²) in [5.74, 6) is -0.482. The Morgan fingerprint density at radius 1 is 0.870 bits per heavy atom. The molecule has 0 bridgehead atoms. The lowest BCUT2D eigenvalue weighted by Crippen LogP contribution is -2.09. The smallest absolute Gasteiger partial charge is 0.228 e. The van der Waals surface area contributed by atoms with Crippen molar-refractivity contribution in [3.63, 3.8) is 0 Å². The van der Waals surface area contributed by atoms with Gasteiger partial charge in [0, 0.05) is 12.4 Å². The van der Waals surface area contributed by atoms with Gasteiger partial charge in [-0.15, -0.1) is 0 Å². The number of nitrogens with zero attached hydrogens (tertiary/aromatic N) is 5. The zero-order valence-corrected chi connectivity index (χ0v) is 11.4. The Hall–Kier alpha value is -2.48. The highest BCUT2D eigenvalue weighted by Gasteiger charge is 2.33. The molecule has 0 fully saturated rings. The summed E-state index contributed by atoms with van der Waals surface area (Å²) < 4.78 is 71.2. The van der Waals surface area contributed by atoms with E-state index in [-0.39, 0.29) is 0 Å². The molecule has 0 amide bonds. The molecular weight excluding hydrogens is 352 g/mol. The van der Waals surface area contributed by atoms with Crippen molar-refractivity contribution >= 4 is 11.6 Å². The van der Waals surface area contributed by atoms with E-state index in [0.717, 1.165) is 18.5 Å². The van der Waals surface area contributed by atoms with Gasteiger partial charge < -0.3 is 0 Å². The van der Waals surface area contributed by atoms with E-state index < -0.39 is 34.8 Å². The fourth-order valence-electron chi connectivity index (χ4n) is 1.06. The average molecular weight is 356 g/mol. The lowest BCUT2D eigenvalue weighted by atomic mass is 10.4. The lowest BCUT2D eigenvalue weighted by molar-refractivity contribution is -0.142. The zero-order chi connectivity index (χ0) is 17.7. The summed E-state index contributed by atoms with van der Waals surface area (Å²) in [5.41, 5.74) is -2.13. The minimum Gasteiger partial charge on any atom is -0.228 e. The highest BCUT2D eigenvalue weighted by molar-refractivity contribution is 6.28. The Labute approximate surface area is 129 Å². The van der Waals surface area contributed by atoms with E-state index in [9.17, 15) is 26.3 Å². The maximum atomic E-state index is 11.9. The average Bonchev–Trinajstić information content (AvgIpc) is 2.46. The van der Waals surface area contributed by atoms with Crippen LogP contribution in [0.5, 0.6) is 0 Å². The van der Waals surface area contributed by atoms with Crippen LogP contribution < -0.4 is 0 Å². The Morgan fingerprint density at radius 3 is 1.74 bits per heavy atom. The minimum atomic E-state index is -4.52. The second-order valence-corrected chi connectivity index (χ2v) is 3.92. The van der Waals surface area contributed by atoms with Crippen LogP contribution in [0.25, 0.3) is 0 Å². The summed E-state index contributed by atoms with van der Waals surface area (Å²) >= 11 is 5.13. The quantitative estimate of drug-likeness (QED) is 0.534. The predicted molar refractivity (Wildman–Crippen MR) is 63.8 cm³/mol. The monoisotopic (exact) mass is 355 g/mol. The molecule has 0 aliphatic carbocycles. The molecule has 122 valence electrons. The number of aromatic nitrogens is 4. The van der Waals surface area contributed by atoms with Gasteiger partial charge in [-0.2, -0.15) is 31.6 Å². The SMILES string of the molecule is FC(F)(F)c1ccnc(Cl)n1.N#Cc1nccc(C(F)(F)F)n1. The highest BCUT2D eigenvalue weighted by Crippen LogP contribution is 2.27. The van der Waals surface area contributed by atoms with Crippen LogP contribution in [-0.2, 0) is 12.4 Å². The van der Waals surface area contributed by atoms with Crippen molar-refractivity contribution in [1.29, 1.82) is 5.26 Å². The molecule has 0 radical (unpaired) electrons. The Kier molecular flexibility index (Phi) is 5.80. The topological polar surface area (TPSA) is 75.3 Å². The van der Waals surface area contributed by atoms with E-state index in [0.29, 0.717) is 6.07 Å². The minimum absolute atomic E-state index is 0.403. The first kappa shape index (κ1) is 18.6. The third kappa shape index (κ3) is 6.03. The molecule has 5 nitrogen and oxygen atoms in total. The van der Waals surface area contributed by atoms with Crippen LogP contribution in [0.2, 0.25) is 5.28 Å². The van der Waals surface area contributed by atoms with E-state index in [2.05, 4.69) is 19.9 Å². The molecule has 23 heavy (non-hydrogen) atoms. The maximum absolute atomic E-state index is 11.9. The third-order valence-corrected chi connectivity index (χ3v) is 2.14. The van der Waals surface area contributed by atoms with Crippen LogP contribution in [0.1, 0.15) is 17.2 Å². The van der Waals surface area contributed by atoms with E-state index >= 15 is 0 Å². The Morgan fingerprint density at radius 2 is 1.35 bits per heavy atom. The number of hydrogen-bond donors (Lipinski definition) is 0. The summed E-state index contributed by atoms with van der Waals surface area (Å²) in [6, 6.07) is 2.88. The van der Waals surface area contributed by atoms with Gasteiger partial charge in [-0.1, -0.05) is 0 Å². The summed E-state index contributed by atoms with van der Waals surface area (Å²) in [4.78, 5) is 12.5. The first-order valence-electron chi connectivity index (χ1n) is 5.40. The lowest BCUT2D eigenvalue weighted by Gasteiger charge is -2.03. The van der Waals surface area contributed by atoms with Crippen LogP contribution in [0.4, 0.5) is 26.3 Å². The molecular formula is C11H4ClF6N5. The van der Waals surface area contributed by atoms with Crippen molar-refractivity contribution in [2.45, 2.75) is 12.4 Å². The van der Waals surface area contributed by atoms with E-state index in [1.165, 1.54) is 6.07 Å². The standard InChI is InChI=1S/C6H2F3N3.C5H2ClF3N2/c7-6(8,9)4-1-2-11-5(3-10)12-4;6-4-10-2-1-3(11-4)5(7,8)9/h1-2H;1-2H. The molecule has 0 saturated carbocycles. The van der Waals surface area contributed by atoms with Crippen LogP contribution in [0.3, 0.4) is 0 Å². The van der Waals surface area contributed by atoms with Gasteiger partial charge in [-0.05, 0) is 23.7 Å². The van der Waals surface area contributed by atoms with E-state index in [1.807, 2.05) is 0 Å². The van der Waals surface area contributed by atoms with Gasteiger partial charge >= 0.3 is 12.4 Å². The number of halogens is 7. The van der Waals surface area contributed by atoms with Crippen molar-refractivity contribution in [1.82, 2.24) is 19.9 Å². The molecule has 0 aromatic carbocycles. The zero-order valence-electron chi connectivity index (χ0n) is 10.7. The molecule has 0 aliphatic heterocycles. The van der Waals surface area contributed by atoms with Crippen LogP contribution in [0, 0.1) is 11.3 Å². The number of nitriles is 1. The van der Waals surface area contributed by atoms with Crippen molar-refractivity contribution in [3.8, 4) is 6.07 Å². The largest absolute Gasteiger partial charge is 0.433 e. The number of alkyl halides is 6. The highest BCUT2D eigenvalue weighted by atomic mass is 35.5. The summed E-state index contributed by atoms with van der Waals surface area (Å²) in [6.07, 6.45) is -7.12. The Bertz CT molecular complexity index is 709. The molecule has 2 aromatic rings. The predicted octanol–water partition coefficient (Wildman–Crippen LogP) is 3.52. The summed E-state index contributed by atoms with van der Waals surface area (Å²) in [7, 11) is 0. The molecule has 0 atom stereocenters. The fourth-order valence-corrected chi connectivity index (χ4v) is 1.21. The molecule has 0 saturated heterocycles. The van der Waals surface area contributed by atoms with Gasteiger partial charge in [0.25, 0.3) is 0 Å².